The molecule has 0 bridgehead atoms. The van der Waals surface area contributed by atoms with E-state index in [4.69, 9.17) is 46.4 Å². The van der Waals surface area contributed by atoms with E-state index in [1.807, 2.05) is 37.3 Å². The highest BCUT2D eigenvalue weighted by atomic mass is 35.5. The smallest absolute Gasteiger partial charge is 0.264 e. The molecule has 1 N–H and O–H groups in total. The number of hydrogen-bond acceptors (Lipinski definition) is 4. The first-order valence-corrected chi connectivity index (χ1v) is 18.5. The molecule has 1 unspecified atom stereocenters. The first-order chi connectivity index (χ1) is 22.9. The number of hydrogen-bond donors (Lipinski definition) is 1. The van der Waals surface area contributed by atoms with Gasteiger partial charge in [-0.1, -0.05) is 113 Å². The molecule has 7 nitrogen and oxygen atoms in total. The summed E-state index contributed by atoms with van der Waals surface area (Å²) in [5, 5.41) is 4.17. The second-order valence-electron chi connectivity index (χ2n) is 11.9. The number of nitrogens with zero attached hydrogens (tertiary/aromatic N) is 2. The molecular formula is C36H35Cl4N3O4S. The average Bonchev–Trinajstić information content (AvgIpc) is 3.57. The number of aryl methyl sites for hydroxylation is 1. The normalized spacial score (nSPS) is 14.0. The van der Waals surface area contributed by atoms with Crippen LogP contribution in [0.1, 0.15) is 42.4 Å². The molecule has 1 aliphatic rings. The van der Waals surface area contributed by atoms with Crippen LogP contribution >= 0.6 is 46.4 Å². The highest BCUT2D eigenvalue weighted by Gasteiger charge is 2.36. The summed E-state index contributed by atoms with van der Waals surface area (Å²) >= 11 is 25.7. The molecule has 1 fully saturated rings. The number of rotatable bonds is 12. The van der Waals surface area contributed by atoms with Crippen LogP contribution in [-0.2, 0) is 32.6 Å². The van der Waals surface area contributed by atoms with Crippen LogP contribution in [0.25, 0.3) is 0 Å². The lowest BCUT2D eigenvalue weighted by Crippen LogP contribution is -2.54. The fourth-order valence-electron chi connectivity index (χ4n) is 5.78. The molecule has 4 aromatic rings. The highest BCUT2D eigenvalue weighted by Crippen LogP contribution is 2.34. The van der Waals surface area contributed by atoms with Crippen molar-refractivity contribution in [2.75, 3.05) is 10.8 Å². The number of amides is 2. The number of halogens is 4. The first-order valence-electron chi connectivity index (χ1n) is 15.5. The molecule has 48 heavy (non-hydrogen) atoms. The van der Waals surface area contributed by atoms with E-state index in [9.17, 15) is 18.0 Å². The Hall–Kier alpha value is -3.27. The van der Waals surface area contributed by atoms with Gasteiger partial charge in [-0.25, -0.2) is 8.42 Å². The zero-order valence-corrected chi connectivity index (χ0v) is 30.1. The van der Waals surface area contributed by atoms with Crippen LogP contribution < -0.4 is 9.62 Å². The molecule has 252 valence electrons. The van der Waals surface area contributed by atoms with Crippen LogP contribution in [0, 0.1) is 6.92 Å². The van der Waals surface area contributed by atoms with Gasteiger partial charge in [-0.2, -0.15) is 0 Å². The van der Waals surface area contributed by atoms with Crippen molar-refractivity contribution in [2.45, 2.75) is 62.6 Å². The lowest BCUT2D eigenvalue weighted by Gasteiger charge is -2.34. The van der Waals surface area contributed by atoms with Gasteiger partial charge in [-0.05, 0) is 73.4 Å². The molecule has 1 atom stereocenters. The topological polar surface area (TPSA) is 86.8 Å². The summed E-state index contributed by atoms with van der Waals surface area (Å²) < 4.78 is 29.5. The third-order valence-electron chi connectivity index (χ3n) is 8.39. The van der Waals surface area contributed by atoms with Gasteiger partial charge in [0.2, 0.25) is 11.8 Å². The van der Waals surface area contributed by atoms with Gasteiger partial charge in [-0.3, -0.25) is 13.9 Å². The minimum Gasteiger partial charge on any atom is -0.352 e. The summed E-state index contributed by atoms with van der Waals surface area (Å²) in [7, 11) is -4.35. The van der Waals surface area contributed by atoms with E-state index < -0.39 is 28.5 Å². The molecule has 0 heterocycles. The molecule has 1 aliphatic carbocycles. The maximum Gasteiger partial charge on any atom is 0.264 e. The van der Waals surface area contributed by atoms with Crippen LogP contribution in [-0.4, -0.2) is 43.8 Å². The van der Waals surface area contributed by atoms with E-state index in [2.05, 4.69) is 5.32 Å². The van der Waals surface area contributed by atoms with Gasteiger partial charge in [0.15, 0.2) is 0 Å². The first kappa shape index (κ1) is 36.0. The second kappa shape index (κ2) is 16.0. The maximum absolute atomic E-state index is 14.7. The van der Waals surface area contributed by atoms with Crippen LogP contribution in [0.3, 0.4) is 0 Å². The van der Waals surface area contributed by atoms with E-state index in [1.54, 1.807) is 30.3 Å². The van der Waals surface area contributed by atoms with Gasteiger partial charge in [0, 0.05) is 34.1 Å². The number of nitrogens with one attached hydrogen (secondary N) is 1. The fraction of sp³-hybridized carbons (Fsp3) is 0.278. The summed E-state index contributed by atoms with van der Waals surface area (Å²) in [6.07, 6.45) is 3.87. The summed E-state index contributed by atoms with van der Waals surface area (Å²) in [5.41, 5.74) is 2.25. The van der Waals surface area contributed by atoms with Crippen molar-refractivity contribution in [2.24, 2.45) is 0 Å². The number of carbonyl (C=O) groups excluding carboxylic acids is 2. The zero-order valence-electron chi connectivity index (χ0n) is 26.2. The summed E-state index contributed by atoms with van der Waals surface area (Å²) in [6.45, 7) is 1.07. The van der Waals surface area contributed by atoms with Crippen LogP contribution in [0.5, 0.6) is 0 Å². The van der Waals surface area contributed by atoms with Crippen molar-refractivity contribution in [3.63, 3.8) is 0 Å². The zero-order chi connectivity index (χ0) is 34.4. The Morgan fingerprint density at radius 3 is 2.15 bits per heavy atom. The lowest BCUT2D eigenvalue weighted by molar-refractivity contribution is -0.140. The molecule has 0 aromatic heterocycles. The predicted octanol–water partition coefficient (Wildman–Crippen LogP) is 8.50. The van der Waals surface area contributed by atoms with E-state index in [1.165, 1.54) is 35.2 Å². The molecule has 4 aromatic carbocycles. The van der Waals surface area contributed by atoms with E-state index in [-0.39, 0.29) is 45.5 Å². The third-order valence-corrected chi connectivity index (χ3v) is 11.3. The van der Waals surface area contributed by atoms with E-state index in [0.717, 1.165) is 41.1 Å². The maximum atomic E-state index is 14.7. The molecule has 5 rings (SSSR count). The quantitative estimate of drug-likeness (QED) is 0.158. The van der Waals surface area contributed by atoms with Gasteiger partial charge in [0.1, 0.15) is 12.6 Å². The Bertz CT molecular complexity index is 1870. The lowest BCUT2D eigenvalue weighted by atomic mass is 10.0. The Labute approximate surface area is 301 Å². The summed E-state index contributed by atoms with van der Waals surface area (Å²) in [4.78, 5) is 30.2. The Morgan fingerprint density at radius 2 is 1.48 bits per heavy atom. The molecule has 0 radical (unpaired) electrons. The van der Waals surface area contributed by atoms with Crippen molar-refractivity contribution in [3.05, 3.63) is 128 Å². The van der Waals surface area contributed by atoms with Crippen molar-refractivity contribution in [1.82, 2.24) is 10.2 Å². The Morgan fingerprint density at radius 1 is 0.833 bits per heavy atom. The van der Waals surface area contributed by atoms with Gasteiger partial charge < -0.3 is 10.2 Å². The number of anilines is 1. The van der Waals surface area contributed by atoms with E-state index >= 15 is 0 Å². The standard InChI is InChI=1S/C36H35Cl4N3O4S/c1-24-11-16-30(17-12-24)48(46,47)43(33-21-28(38)15-18-31(33)39)23-35(44)42(22-26-13-14-27(37)20-32(26)40)34(19-25-7-3-2-4-8-25)36(45)41-29-9-5-6-10-29/h2-4,7-8,11-18,20-21,29,34H,5-6,9-10,19,22-23H2,1H3,(H,41,45). The monoisotopic (exact) mass is 745 g/mol. The van der Waals surface area contributed by atoms with Crippen molar-refractivity contribution < 1.29 is 18.0 Å². The molecular weight excluding hydrogens is 712 g/mol. The third kappa shape index (κ3) is 8.84. The van der Waals surface area contributed by atoms with Crippen molar-refractivity contribution in [1.29, 1.82) is 0 Å². The molecule has 0 saturated heterocycles. The minimum absolute atomic E-state index is 0.0180. The minimum atomic E-state index is -4.35. The van der Waals surface area contributed by atoms with Crippen LogP contribution in [0.15, 0.2) is 95.9 Å². The number of benzene rings is 4. The van der Waals surface area contributed by atoms with E-state index in [0.29, 0.717) is 15.6 Å². The largest absolute Gasteiger partial charge is 0.352 e. The van der Waals surface area contributed by atoms with Crippen molar-refractivity contribution in [3.8, 4) is 0 Å². The number of carbonyl (C=O) groups is 2. The fourth-order valence-corrected chi connectivity index (χ4v) is 8.11. The predicted molar refractivity (Wildman–Crippen MR) is 194 cm³/mol. The van der Waals surface area contributed by atoms with Crippen molar-refractivity contribution >= 4 is 73.9 Å². The highest BCUT2D eigenvalue weighted by molar-refractivity contribution is 7.92. The SMILES string of the molecule is Cc1ccc(S(=O)(=O)N(CC(=O)N(Cc2ccc(Cl)cc2Cl)C(Cc2ccccc2)C(=O)NC2CCCC2)c2cc(Cl)ccc2Cl)cc1. The Balaban J connectivity index is 1.61. The molecule has 2 amide bonds. The molecule has 0 spiro atoms. The molecule has 0 aliphatic heterocycles. The van der Waals surface area contributed by atoms with Gasteiger partial charge in [0.25, 0.3) is 10.0 Å². The average molecular weight is 748 g/mol. The number of sulfonamides is 1. The molecule has 12 heteroatoms. The summed E-state index contributed by atoms with van der Waals surface area (Å²) in [5.74, 6) is -0.979. The summed E-state index contributed by atoms with van der Waals surface area (Å²) in [6, 6.07) is 23.9. The van der Waals surface area contributed by atoms with Crippen LogP contribution in [0.4, 0.5) is 5.69 Å². The van der Waals surface area contributed by atoms with Gasteiger partial charge in [0.05, 0.1) is 15.6 Å². The second-order valence-corrected chi connectivity index (χ2v) is 15.4. The molecule has 1 saturated carbocycles. The Kier molecular flexibility index (Phi) is 12.0. The van der Waals surface area contributed by atoms with Gasteiger partial charge >= 0.3 is 0 Å². The van der Waals surface area contributed by atoms with Crippen LogP contribution in [0.2, 0.25) is 20.1 Å². The van der Waals surface area contributed by atoms with Gasteiger partial charge in [-0.15, -0.1) is 0 Å².